The zero-order valence-corrected chi connectivity index (χ0v) is 16.8. The van der Waals surface area contributed by atoms with Gasteiger partial charge in [0.05, 0.1) is 11.8 Å². The van der Waals surface area contributed by atoms with Crippen molar-refractivity contribution in [1.29, 1.82) is 0 Å². The predicted molar refractivity (Wildman–Crippen MR) is 112 cm³/mol. The first-order valence-corrected chi connectivity index (χ1v) is 9.51. The SMILES string of the molecule is Cc1cc(Oc2ccc(-c3noc(-c4cnn(C)c4)n3)cc2)nc(-c2cccnc2)n1. The Kier molecular flexibility index (Phi) is 4.68. The van der Waals surface area contributed by atoms with Gasteiger partial charge in [-0.1, -0.05) is 5.16 Å². The lowest BCUT2D eigenvalue weighted by Crippen LogP contribution is -1.96. The number of hydrogen-bond donors (Lipinski definition) is 0. The van der Waals surface area contributed by atoms with Gasteiger partial charge in [-0.15, -0.1) is 0 Å². The summed E-state index contributed by atoms with van der Waals surface area (Å²) in [6.45, 7) is 1.90. The van der Waals surface area contributed by atoms with Gasteiger partial charge < -0.3 is 9.26 Å². The molecule has 0 fully saturated rings. The van der Waals surface area contributed by atoms with Crippen LogP contribution in [0.3, 0.4) is 0 Å². The highest BCUT2D eigenvalue weighted by Crippen LogP contribution is 2.27. The minimum absolute atomic E-state index is 0.419. The molecule has 0 aliphatic heterocycles. The van der Waals surface area contributed by atoms with Crippen molar-refractivity contribution in [3.63, 3.8) is 0 Å². The van der Waals surface area contributed by atoms with Crippen molar-refractivity contribution in [2.45, 2.75) is 6.92 Å². The van der Waals surface area contributed by atoms with Crippen LogP contribution < -0.4 is 4.74 Å². The minimum atomic E-state index is 0.419. The molecule has 31 heavy (non-hydrogen) atoms. The summed E-state index contributed by atoms with van der Waals surface area (Å²) < 4.78 is 13.0. The summed E-state index contributed by atoms with van der Waals surface area (Å²) in [7, 11) is 1.83. The molecule has 0 aliphatic rings. The van der Waals surface area contributed by atoms with E-state index in [0.717, 1.165) is 22.4 Å². The summed E-state index contributed by atoms with van der Waals surface area (Å²) in [5.74, 6) is 2.56. The maximum atomic E-state index is 5.94. The second-order valence-electron chi connectivity index (χ2n) is 6.87. The zero-order chi connectivity index (χ0) is 21.2. The van der Waals surface area contributed by atoms with Gasteiger partial charge in [-0.25, -0.2) is 4.98 Å². The van der Waals surface area contributed by atoms with E-state index in [4.69, 9.17) is 9.26 Å². The fourth-order valence-corrected chi connectivity index (χ4v) is 3.00. The third-order valence-electron chi connectivity index (χ3n) is 4.46. The van der Waals surface area contributed by atoms with Gasteiger partial charge >= 0.3 is 0 Å². The summed E-state index contributed by atoms with van der Waals surface area (Å²) >= 11 is 0. The molecule has 5 rings (SSSR count). The first-order valence-electron chi connectivity index (χ1n) is 9.51. The number of aromatic nitrogens is 7. The van der Waals surface area contributed by atoms with Crippen LogP contribution in [0.4, 0.5) is 0 Å². The summed E-state index contributed by atoms with van der Waals surface area (Å²) in [6.07, 6.45) is 6.93. The van der Waals surface area contributed by atoms with Crippen LogP contribution in [0.25, 0.3) is 34.2 Å². The number of benzene rings is 1. The van der Waals surface area contributed by atoms with Gasteiger partial charge in [-0.3, -0.25) is 9.67 Å². The minimum Gasteiger partial charge on any atom is -0.439 e. The third-order valence-corrected chi connectivity index (χ3v) is 4.46. The van der Waals surface area contributed by atoms with Crippen LogP contribution in [-0.4, -0.2) is 34.9 Å². The third kappa shape index (κ3) is 4.01. The van der Waals surface area contributed by atoms with Crippen molar-refractivity contribution < 1.29 is 9.26 Å². The highest BCUT2D eigenvalue weighted by molar-refractivity contribution is 5.60. The van der Waals surface area contributed by atoms with Crippen molar-refractivity contribution in [2.24, 2.45) is 7.05 Å². The molecule has 0 amide bonds. The highest BCUT2D eigenvalue weighted by Gasteiger charge is 2.13. The molecule has 5 aromatic rings. The normalized spacial score (nSPS) is 10.9. The fourth-order valence-electron chi connectivity index (χ4n) is 3.00. The van der Waals surface area contributed by atoms with Crippen LogP contribution in [0.5, 0.6) is 11.6 Å². The second-order valence-corrected chi connectivity index (χ2v) is 6.87. The molecule has 152 valence electrons. The Labute approximate surface area is 177 Å². The molecule has 0 radical (unpaired) electrons. The van der Waals surface area contributed by atoms with E-state index in [-0.39, 0.29) is 0 Å². The van der Waals surface area contributed by atoms with E-state index in [2.05, 4.69) is 30.2 Å². The van der Waals surface area contributed by atoms with E-state index >= 15 is 0 Å². The van der Waals surface area contributed by atoms with Crippen molar-refractivity contribution in [2.75, 3.05) is 0 Å². The molecular weight excluding hydrogens is 394 g/mol. The standard InChI is InChI=1S/C22H17N7O2/c1-14-10-19(26-20(25-14)16-4-3-9-23-11-16)30-18-7-5-15(6-8-18)21-27-22(31-28-21)17-12-24-29(2)13-17/h3-13H,1-2H3. The Bertz CT molecular complexity index is 1330. The lowest BCUT2D eigenvalue weighted by atomic mass is 10.2. The van der Waals surface area contributed by atoms with Crippen molar-refractivity contribution in [3.05, 3.63) is 72.9 Å². The van der Waals surface area contributed by atoms with Crippen LogP contribution in [0.15, 0.2) is 71.8 Å². The predicted octanol–water partition coefficient (Wildman–Crippen LogP) is 4.09. The maximum absolute atomic E-state index is 5.94. The molecule has 9 nitrogen and oxygen atoms in total. The highest BCUT2D eigenvalue weighted by atomic mass is 16.5. The number of aryl methyl sites for hydroxylation is 2. The Morgan fingerprint density at radius 1 is 0.903 bits per heavy atom. The molecule has 0 N–H and O–H groups in total. The van der Waals surface area contributed by atoms with Crippen LogP contribution in [0, 0.1) is 6.92 Å². The Balaban J connectivity index is 1.35. The Morgan fingerprint density at radius 3 is 2.52 bits per heavy atom. The quantitative estimate of drug-likeness (QED) is 0.426. The lowest BCUT2D eigenvalue weighted by Gasteiger charge is -2.08. The molecular formula is C22H17N7O2. The van der Waals surface area contributed by atoms with Gasteiger partial charge in [0.15, 0.2) is 5.82 Å². The van der Waals surface area contributed by atoms with Gasteiger partial charge in [0.1, 0.15) is 5.75 Å². The second kappa shape index (κ2) is 7.79. The number of rotatable bonds is 5. The summed E-state index contributed by atoms with van der Waals surface area (Å²) in [4.78, 5) is 17.5. The van der Waals surface area contributed by atoms with E-state index in [1.54, 1.807) is 29.3 Å². The molecule has 0 atom stereocenters. The number of pyridine rings is 1. The summed E-state index contributed by atoms with van der Waals surface area (Å²) in [5, 5.41) is 8.17. The summed E-state index contributed by atoms with van der Waals surface area (Å²) in [5.41, 5.74) is 3.20. The van der Waals surface area contributed by atoms with Gasteiger partial charge in [-0.2, -0.15) is 15.1 Å². The molecule has 0 saturated heterocycles. The number of ether oxygens (including phenoxy) is 1. The topological polar surface area (TPSA) is 105 Å². The summed E-state index contributed by atoms with van der Waals surface area (Å²) in [6, 6.07) is 12.9. The van der Waals surface area contributed by atoms with Crippen LogP contribution in [0.1, 0.15) is 5.69 Å². The van der Waals surface area contributed by atoms with Crippen molar-refractivity contribution >= 4 is 0 Å². The van der Waals surface area contributed by atoms with Gasteiger partial charge in [-0.05, 0) is 43.3 Å². The van der Waals surface area contributed by atoms with Gasteiger partial charge in [0, 0.05) is 48.5 Å². The van der Waals surface area contributed by atoms with Gasteiger partial charge in [0.2, 0.25) is 11.7 Å². The van der Waals surface area contributed by atoms with Crippen molar-refractivity contribution in [1.82, 2.24) is 34.9 Å². The van der Waals surface area contributed by atoms with E-state index in [1.807, 2.05) is 56.6 Å². The molecule has 0 spiro atoms. The average molecular weight is 411 g/mol. The van der Waals surface area contributed by atoms with Crippen LogP contribution >= 0.6 is 0 Å². The van der Waals surface area contributed by atoms with Crippen molar-refractivity contribution in [3.8, 4) is 45.9 Å². The van der Waals surface area contributed by atoms with Gasteiger partial charge in [0.25, 0.3) is 5.89 Å². The average Bonchev–Trinajstić information content (AvgIpc) is 3.44. The molecule has 0 aliphatic carbocycles. The molecule has 4 aromatic heterocycles. The molecule has 9 heteroatoms. The largest absolute Gasteiger partial charge is 0.439 e. The fraction of sp³-hybridized carbons (Fsp3) is 0.0909. The monoisotopic (exact) mass is 411 g/mol. The zero-order valence-electron chi connectivity index (χ0n) is 16.8. The Morgan fingerprint density at radius 2 is 1.77 bits per heavy atom. The number of nitrogens with zero attached hydrogens (tertiary/aromatic N) is 7. The Hall–Kier alpha value is -4.40. The van der Waals surface area contributed by atoms with E-state index in [1.165, 1.54) is 0 Å². The lowest BCUT2D eigenvalue weighted by molar-refractivity contribution is 0.432. The van der Waals surface area contributed by atoms with E-state index in [0.29, 0.717) is 29.2 Å². The number of hydrogen-bond acceptors (Lipinski definition) is 8. The van der Waals surface area contributed by atoms with Crippen LogP contribution in [-0.2, 0) is 7.05 Å². The first-order chi connectivity index (χ1) is 15.1. The van der Waals surface area contributed by atoms with Crippen LogP contribution in [0.2, 0.25) is 0 Å². The van der Waals surface area contributed by atoms with E-state index < -0.39 is 0 Å². The molecule has 0 unspecified atom stereocenters. The maximum Gasteiger partial charge on any atom is 0.261 e. The molecule has 4 heterocycles. The smallest absolute Gasteiger partial charge is 0.261 e. The van der Waals surface area contributed by atoms with E-state index in [9.17, 15) is 0 Å². The molecule has 0 saturated carbocycles. The first kappa shape index (κ1) is 18.6. The molecule has 1 aromatic carbocycles. The molecule has 0 bridgehead atoms.